The van der Waals surface area contributed by atoms with E-state index in [0.717, 1.165) is 11.3 Å². The van der Waals surface area contributed by atoms with Gasteiger partial charge in [-0.15, -0.1) is 0 Å². The van der Waals surface area contributed by atoms with Gasteiger partial charge in [0.05, 0.1) is 18.5 Å². The lowest BCUT2D eigenvalue weighted by molar-refractivity contribution is -0.139. The van der Waals surface area contributed by atoms with E-state index < -0.39 is 0 Å². The molecule has 2 atom stereocenters. The number of fused-ring (bicyclic) bond motifs is 1. The van der Waals surface area contributed by atoms with Crippen LogP contribution in [-0.2, 0) is 9.59 Å². The number of benzene rings is 1. The van der Waals surface area contributed by atoms with E-state index in [0.29, 0.717) is 12.8 Å². The predicted octanol–water partition coefficient (Wildman–Crippen LogP) is 2.32. The van der Waals surface area contributed by atoms with Crippen LogP contribution in [-0.4, -0.2) is 23.4 Å². The van der Waals surface area contributed by atoms with E-state index in [2.05, 4.69) is 5.32 Å². The monoisotopic (exact) mass is 270 g/mol. The van der Waals surface area contributed by atoms with Crippen molar-refractivity contribution >= 4 is 17.5 Å². The summed E-state index contributed by atoms with van der Waals surface area (Å²) in [5.41, 5.74) is 2.07. The molecule has 1 aliphatic heterocycles. The Balaban J connectivity index is 1.69. The molecule has 2 unspecified atom stereocenters. The van der Waals surface area contributed by atoms with Gasteiger partial charge in [-0.1, -0.05) is 24.3 Å². The first-order chi connectivity index (χ1) is 9.66. The van der Waals surface area contributed by atoms with Gasteiger partial charge in [-0.3, -0.25) is 14.5 Å². The van der Waals surface area contributed by atoms with E-state index >= 15 is 0 Å². The van der Waals surface area contributed by atoms with Crippen LogP contribution in [0.15, 0.2) is 36.4 Å². The summed E-state index contributed by atoms with van der Waals surface area (Å²) in [6, 6.07) is 7.90. The van der Waals surface area contributed by atoms with Crippen molar-refractivity contribution in [1.82, 2.24) is 4.90 Å². The van der Waals surface area contributed by atoms with Crippen molar-refractivity contribution in [1.29, 1.82) is 0 Å². The Morgan fingerprint density at radius 2 is 1.80 bits per heavy atom. The second-order valence-corrected chi connectivity index (χ2v) is 5.46. The van der Waals surface area contributed by atoms with Crippen molar-refractivity contribution in [2.24, 2.45) is 11.8 Å². The van der Waals surface area contributed by atoms with Crippen molar-refractivity contribution < 1.29 is 9.59 Å². The summed E-state index contributed by atoms with van der Waals surface area (Å²) in [6.07, 6.45) is 5.39. The quantitative estimate of drug-likeness (QED) is 0.677. The van der Waals surface area contributed by atoms with E-state index in [1.807, 2.05) is 43.3 Å². The van der Waals surface area contributed by atoms with E-state index in [9.17, 15) is 9.59 Å². The van der Waals surface area contributed by atoms with Crippen LogP contribution < -0.4 is 5.32 Å². The summed E-state index contributed by atoms with van der Waals surface area (Å²) >= 11 is 0. The van der Waals surface area contributed by atoms with Crippen LogP contribution in [0, 0.1) is 18.8 Å². The summed E-state index contributed by atoms with van der Waals surface area (Å²) in [7, 11) is 0. The molecule has 1 aliphatic carbocycles. The molecule has 20 heavy (non-hydrogen) atoms. The molecule has 104 valence electrons. The maximum atomic E-state index is 12.3. The summed E-state index contributed by atoms with van der Waals surface area (Å²) in [5.74, 6) is -0.368. The van der Waals surface area contributed by atoms with E-state index in [1.165, 1.54) is 4.90 Å². The number of allylic oxidation sites excluding steroid dienone is 2. The SMILES string of the molecule is Cc1cccc(NCN2C(=O)C3CC=CCC3C2=O)c1. The zero-order chi connectivity index (χ0) is 14.1. The van der Waals surface area contributed by atoms with Crippen molar-refractivity contribution in [2.75, 3.05) is 12.0 Å². The lowest BCUT2D eigenvalue weighted by Gasteiger charge is -2.16. The summed E-state index contributed by atoms with van der Waals surface area (Å²) in [6.45, 7) is 2.27. The Hall–Kier alpha value is -2.10. The lowest BCUT2D eigenvalue weighted by atomic mass is 9.85. The minimum Gasteiger partial charge on any atom is -0.367 e. The highest BCUT2D eigenvalue weighted by atomic mass is 16.2. The van der Waals surface area contributed by atoms with Gasteiger partial charge in [-0.2, -0.15) is 0 Å². The van der Waals surface area contributed by atoms with E-state index in [4.69, 9.17) is 0 Å². The molecule has 3 rings (SSSR count). The summed E-state index contributed by atoms with van der Waals surface area (Å²) in [5, 5.41) is 3.16. The van der Waals surface area contributed by atoms with Gasteiger partial charge in [0.15, 0.2) is 0 Å². The molecular weight excluding hydrogens is 252 g/mol. The molecule has 0 saturated carbocycles. The number of amides is 2. The van der Waals surface area contributed by atoms with Crippen LogP contribution in [0.25, 0.3) is 0 Å². The van der Waals surface area contributed by atoms with Crippen LogP contribution in [0.1, 0.15) is 18.4 Å². The molecule has 2 aliphatic rings. The average molecular weight is 270 g/mol. The van der Waals surface area contributed by atoms with Gasteiger partial charge in [0.25, 0.3) is 0 Å². The van der Waals surface area contributed by atoms with Crippen LogP contribution >= 0.6 is 0 Å². The number of rotatable bonds is 3. The third-order valence-corrected chi connectivity index (χ3v) is 4.06. The number of imide groups is 1. The minimum atomic E-state index is -0.146. The molecule has 0 bridgehead atoms. The Morgan fingerprint density at radius 1 is 1.15 bits per heavy atom. The van der Waals surface area contributed by atoms with Crippen molar-refractivity contribution in [3.8, 4) is 0 Å². The minimum absolute atomic E-state index is 0.0375. The fourth-order valence-corrected chi connectivity index (χ4v) is 2.95. The topological polar surface area (TPSA) is 49.4 Å². The van der Waals surface area contributed by atoms with Gasteiger partial charge in [-0.05, 0) is 37.5 Å². The lowest BCUT2D eigenvalue weighted by Crippen LogP contribution is -2.35. The van der Waals surface area contributed by atoms with Crippen LogP contribution in [0.2, 0.25) is 0 Å². The Kier molecular flexibility index (Phi) is 3.30. The number of nitrogens with one attached hydrogen (secondary N) is 1. The van der Waals surface area contributed by atoms with Crippen LogP contribution in [0.5, 0.6) is 0 Å². The second kappa shape index (κ2) is 5.12. The van der Waals surface area contributed by atoms with Gasteiger partial charge >= 0.3 is 0 Å². The first kappa shape index (κ1) is 12.9. The fourth-order valence-electron chi connectivity index (χ4n) is 2.95. The largest absolute Gasteiger partial charge is 0.367 e. The number of carbonyl (C=O) groups excluding carboxylic acids is 2. The molecule has 0 radical (unpaired) electrons. The molecule has 1 N–H and O–H groups in total. The van der Waals surface area contributed by atoms with Gasteiger partial charge in [0.1, 0.15) is 0 Å². The molecule has 4 heteroatoms. The predicted molar refractivity (Wildman–Crippen MR) is 76.9 cm³/mol. The maximum Gasteiger partial charge on any atom is 0.234 e. The first-order valence-electron chi connectivity index (χ1n) is 6.97. The number of hydrogen-bond donors (Lipinski definition) is 1. The molecule has 2 amide bonds. The standard InChI is InChI=1S/C16H18N2O2/c1-11-5-4-6-12(9-11)17-10-18-15(19)13-7-2-3-8-14(13)16(18)20/h2-6,9,13-14,17H,7-8,10H2,1H3. The molecule has 0 spiro atoms. The Labute approximate surface area is 118 Å². The maximum absolute atomic E-state index is 12.3. The van der Waals surface area contributed by atoms with Crippen LogP contribution in [0.4, 0.5) is 5.69 Å². The molecule has 4 nitrogen and oxygen atoms in total. The Morgan fingerprint density at radius 3 is 2.40 bits per heavy atom. The van der Waals surface area contributed by atoms with Crippen molar-refractivity contribution in [3.05, 3.63) is 42.0 Å². The van der Waals surface area contributed by atoms with Gasteiger partial charge in [0.2, 0.25) is 11.8 Å². The van der Waals surface area contributed by atoms with E-state index in [-0.39, 0.29) is 30.3 Å². The normalized spacial score (nSPS) is 24.9. The highest BCUT2D eigenvalue weighted by Gasteiger charge is 2.46. The molecule has 1 fully saturated rings. The van der Waals surface area contributed by atoms with Crippen LogP contribution in [0.3, 0.4) is 0 Å². The van der Waals surface area contributed by atoms with Gasteiger partial charge < -0.3 is 5.32 Å². The number of nitrogens with zero attached hydrogens (tertiary/aromatic N) is 1. The zero-order valence-corrected chi connectivity index (χ0v) is 11.5. The van der Waals surface area contributed by atoms with Crippen molar-refractivity contribution in [3.63, 3.8) is 0 Å². The second-order valence-electron chi connectivity index (χ2n) is 5.46. The third-order valence-electron chi connectivity index (χ3n) is 4.06. The zero-order valence-electron chi connectivity index (χ0n) is 11.5. The first-order valence-corrected chi connectivity index (χ1v) is 6.97. The average Bonchev–Trinajstić information content (AvgIpc) is 2.70. The summed E-state index contributed by atoms with van der Waals surface area (Å²) < 4.78 is 0. The molecule has 0 aromatic heterocycles. The van der Waals surface area contributed by atoms with E-state index in [1.54, 1.807) is 0 Å². The molecule has 1 heterocycles. The number of likely N-dealkylation sites (tertiary alicyclic amines) is 1. The molecule has 1 aromatic rings. The van der Waals surface area contributed by atoms with Gasteiger partial charge in [-0.25, -0.2) is 0 Å². The molecule has 1 saturated heterocycles. The highest BCUT2D eigenvalue weighted by molar-refractivity contribution is 6.05. The number of carbonyl (C=O) groups is 2. The Bertz CT molecular complexity index is 554. The van der Waals surface area contributed by atoms with Crippen molar-refractivity contribution in [2.45, 2.75) is 19.8 Å². The number of anilines is 1. The molecular formula is C16H18N2O2. The fraction of sp³-hybridized carbons (Fsp3) is 0.375. The van der Waals surface area contributed by atoms with Gasteiger partial charge in [0, 0.05) is 5.69 Å². The number of aryl methyl sites for hydroxylation is 1. The summed E-state index contributed by atoms with van der Waals surface area (Å²) in [4.78, 5) is 25.9. The number of hydrogen-bond acceptors (Lipinski definition) is 3. The molecule has 1 aromatic carbocycles. The highest BCUT2D eigenvalue weighted by Crippen LogP contribution is 2.34. The smallest absolute Gasteiger partial charge is 0.234 e. The third kappa shape index (κ3) is 2.22.